The number of rotatable bonds is 11. The highest BCUT2D eigenvalue weighted by atomic mass is 32.2. The number of sulfone groups is 1. The summed E-state index contributed by atoms with van der Waals surface area (Å²) in [5.74, 6) is 0. The number of hydrogen-bond donors (Lipinski definition) is 7. The van der Waals surface area contributed by atoms with E-state index in [-0.39, 0.29) is 17.0 Å². The summed E-state index contributed by atoms with van der Waals surface area (Å²) in [5, 5.41) is 20.7. The minimum absolute atomic E-state index is 0.0319. The van der Waals surface area contributed by atoms with Crippen LogP contribution < -0.4 is 11.2 Å². The molecule has 0 spiro atoms. The van der Waals surface area contributed by atoms with E-state index in [0.717, 1.165) is 17.0 Å². The van der Waals surface area contributed by atoms with Gasteiger partial charge in [-0.05, 0) is 17.7 Å². The smallest absolute Gasteiger partial charge is 0.387 e. The third-order valence-electron chi connectivity index (χ3n) is 5.23. The van der Waals surface area contributed by atoms with Crippen molar-refractivity contribution in [1.82, 2.24) is 9.55 Å². The van der Waals surface area contributed by atoms with Gasteiger partial charge in [0.2, 0.25) is 0 Å². The lowest BCUT2D eigenvalue weighted by molar-refractivity contribution is -0.0228. The van der Waals surface area contributed by atoms with Crippen molar-refractivity contribution in [3.63, 3.8) is 0 Å². The van der Waals surface area contributed by atoms with E-state index in [0.29, 0.717) is 5.56 Å². The summed E-state index contributed by atoms with van der Waals surface area (Å²) in [4.78, 5) is 62.7. The molecular formula is C17H23N2O17P3S. The highest BCUT2D eigenvalue weighted by molar-refractivity contribution is 7.90. The summed E-state index contributed by atoms with van der Waals surface area (Å²) in [6.07, 6.45) is -4.98. The van der Waals surface area contributed by atoms with E-state index in [4.69, 9.17) is 14.5 Å². The van der Waals surface area contributed by atoms with Gasteiger partial charge in [-0.3, -0.25) is 18.9 Å². The van der Waals surface area contributed by atoms with Crippen LogP contribution in [0.1, 0.15) is 17.2 Å². The van der Waals surface area contributed by atoms with Gasteiger partial charge in [0, 0.05) is 12.5 Å². The fraction of sp³-hybridized carbons (Fsp3) is 0.412. The van der Waals surface area contributed by atoms with Crippen LogP contribution in [0.5, 0.6) is 0 Å². The quantitative estimate of drug-likeness (QED) is 0.136. The molecule has 0 aliphatic carbocycles. The highest BCUT2D eigenvalue weighted by Gasteiger charge is 2.47. The van der Waals surface area contributed by atoms with Gasteiger partial charge in [0.15, 0.2) is 9.84 Å². The molecule has 1 aliphatic heterocycles. The van der Waals surface area contributed by atoms with Crippen LogP contribution in [0.4, 0.5) is 0 Å². The molecule has 1 aromatic heterocycles. The molecule has 0 radical (unpaired) electrons. The molecule has 19 nitrogen and oxygen atoms in total. The zero-order valence-corrected chi connectivity index (χ0v) is 23.5. The Morgan fingerprint density at radius 3 is 2.12 bits per heavy atom. The Balaban J connectivity index is 1.76. The Morgan fingerprint density at radius 1 is 0.975 bits per heavy atom. The first-order chi connectivity index (χ1) is 18.2. The lowest BCUT2D eigenvalue weighted by atomic mass is 10.0. The van der Waals surface area contributed by atoms with E-state index in [1.54, 1.807) is 0 Å². The summed E-state index contributed by atoms with van der Waals surface area (Å²) >= 11 is 0. The minimum atomic E-state index is -5.80. The summed E-state index contributed by atoms with van der Waals surface area (Å²) < 4.78 is 75.2. The van der Waals surface area contributed by atoms with Crippen LogP contribution in [0.25, 0.3) is 0 Å². The number of ether oxygens (including phenoxy) is 1. The van der Waals surface area contributed by atoms with Crippen LogP contribution in [0.2, 0.25) is 0 Å². The average Bonchev–Trinajstić information content (AvgIpc) is 3.05. The third-order valence-corrected chi connectivity index (χ3v) is 10.2. The number of hydrogen-bond acceptors (Lipinski definition) is 13. The molecular weight excluding hydrogens is 629 g/mol. The number of nitrogens with one attached hydrogen (secondary N) is 1. The standard InChI is InChI=1S/C17H23N2O17P3S/c1-40(31,32)10-4-2-9(3-5-10)6-19-7-11(16(22)18-17(19)23)15-14(21)13(20)12(34-15)8-33-38(27,28)36-39(29,30)35-37(24,25)26/h2-5,7,12-15,20-21H,6,8H2,1H3,(H,27,28)(H,29,30)(H,18,22,23)(H2,24,25,26)/t12-,13-,14-,15+/m1/s1. The summed E-state index contributed by atoms with van der Waals surface area (Å²) in [6.45, 7) is -1.27. The number of phosphoric acid groups is 3. The van der Waals surface area contributed by atoms with Crippen LogP contribution >= 0.6 is 23.5 Å². The molecule has 2 unspecified atom stereocenters. The second-order valence-electron chi connectivity index (χ2n) is 8.35. The number of aliphatic hydroxyl groups is 2. The Kier molecular flexibility index (Phi) is 9.63. The van der Waals surface area contributed by atoms with Crippen LogP contribution in [-0.4, -0.2) is 78.9 Å². The largest absolute Gasteiger partial charge is 0.490 e. The number of aromatic amines is 1. The molecule has 224 valence electrons. The van der Waals surface area contributed by atoms with E-state index >= 15 is 0 Å². The Bertz CT molecular complexity index is 1610. The number of H-pyrrole nitrogens is 1. The Hall–Kier alpha value is -1.86. The maximum Gasteiger partial charge on any atom is 0.490 e. The van der Waals surface area contributed by atoms with Crippen molar-refractivity contribution in [2.75, 3.05) is 12.9 Å². The molecule has 0 amide bonds. The van der Waals surface area contributed by atoms with Gasteiger partial charge in [0.1, 0.15) is 24.4 Å². The molecule has 7 N–H and O–H groups in total. The van der Waals surface area contributed by atoms with Gasteiger partial charge in [-0.2, -0.15) is 8.62 Å². The number of benzene rings is 1. The van der Waals surface area contributed by atoms with Crippen LogP contribution in [0, 0.1) is 0 Å². The van der Waals surface area contributed by atoms with Gasteiger partial charge in [-0.1, -0.05) is 12.1 Å². The lowest BCUT2D eigenvalue weighted by Gasteiger charge is -2.19. The van der Waals surface area contributed by atoms with Crippen LogP contribution in [0.15, 0.2) is 44.9 Å². The number of aliphatic hydroxyl groups excluding tert-OH is 2. The van der Waals surface area contributed by atoms with Gasteiger partial charge in [-0.15, -0.1) is 0 Å². The molecule has 2 aromatic rings. The molecule has 1 aromatic carbocycles. The maximum atomic E-state index is 12.5. The molecule has 1 fully saturated rings. The maximum absolute atomic E-state index is 12.5. The van der Waals surface area contributed by atoms with Gasteiger partial charge in [0.25, 0.3) is 5.56 Å². The van der Waals surface area contributed by atoms with E-state index in [9.17, 15) is 51.7 Å². The topological polar surface area (TPSA) is 299 Å². The molecule has 1 aliphatic rings. The predicted molar refractivity (Wildman–Crippen MR) is 129 cm³/mol. The van der Waals surface area contributed by atoms with Gasteiger partial charge >= 0.3 is 29.2 Å². The van der Waals surface area contributed by atoms with Crippen molar-refractivity contribution >= 4 is 33.3 Å². The van der Waals surface area contributed by atoms with Crippen molar-refractivity contribution in [2.24, 2.45) is 0 Å². The minimum Gasteiger partial charge on any atom is -0.387 e. The zero-order valence-electron chi connectivity index (χ0n) is 20.0. The van der Waals surface area contributed by atoms with Crippen LogP contribution in [-0.2, 0) is 48.0 Å². The Labute approximate surface area is 224 Å². The second kappa shape index (κ2) is 11.8. The third kappa shape index (κ3) is 8.58. The van der Waals surface area contributed by atoms with E-state index in [2.05, 4.69) is 13.1 Å². The van der Waals surface area contributed by atoms with Gasteiger partial charge in [0.05, 0.1) is 23.6 Å². The highest BCUT2D eigenvalue weighted by Crippen LogP contribution is 2.66. The number of nitrogens with zero attached hydrogens (tertiary/aromatic N) is 1. The van der Waals surface area contributed by atoms with Gasteiger partial charge < -0.3 is 34.5 Å². The van der Waals surface area contributed by atoms with E-state index in [1.807, 2.05) is 4.98 Å². The zero-order chi connectivity index (χ0) is 30.3. The molecule has 23 heteroatoms. The van der Waals surface area contributed by atoms with E-state index < -0.39 is 75.6 Å². The van der Waals surface area contributed by atoms with Crippen molar-refractivity contribution in [3.05, 3.63) is 62.4 Å². The predicted octanol–water partition coefficient (Wildman–Crippen LogP) is -1.51. The van der Waals surface area contributed by atoms with Crippen molar-refractivity contribution in [1.29, 1.82) is 0 Å². The summed E-state index contributed by atoms with van der Waals surface area (Å²) in [7, 11) is -20.5. The summed E-state index contributed by atoms with van der Waals surface area (Å²) in [6, 6.07) is 5.48. The molecule has 3 rings (SSSR count). The van der Waals surface area contributed by atoms with Crippen LogP contribution in [0.3, 0.4) is 0 Å². The molecule has 0 saturated carbocycles. The van der Waals surface area contributed by atoms with Gasteiger partial charge in [-0.25, -0.2) is 26.9 Å². The molecule has 40 heavy (non-hydrogen) atoms. The average molecular weight is 652 g/mol. The second-order valence-corrected chi connectivity index (χ2v) is 14.8. The molecule has 0 bridgehead atoms. The molecule has 2 heterocycles. The van der Waals surface area contributed by atoms with Crippen molar-refractivity contribution < 1.29 is 69.8 Å². The number of phosphoric ester groups is 1. The first-order valence-corrected chi connectivity index (χ1v) is 17.0. The monoisotopic (exact) mass is 652 g/mol. The molecule has 1 saturated heterocycles. The van der Waals surface area contributed by atoms with E-state index in [1.165, 1.54) is 24.3 Å². The molecule has 6 atom stereocenters. The Morgan fingerprint density at radius 2 is 1.57 bits per heavy atom. The van der Waals surface area contributed by atoms with Crippen molar-refractivity contribution in [3.8, 4) is 0 Å². The first kappa shape index (κ1) is 32.7. The fourth-order valence-electron chi connectivity index (χ4n) is 3.50. The summed E-state index contributed by atoms with van der Waals surface area (Å²) in [5.41, 5.74) is -1.80. The first-order valence-electron chi connectivity index (χ1n) is 10.6. The fourth-order valence-corrected chi connectivity index (χ4v) is 7.16. The van der Waals surface area contributed by atoms with Crippen molar-refractivity contribution in [2.45, 2.75) is 35.9 Å². The normalized spacial score (nSPS) is 24.9. The lowest BCUT2D eigenvalue weighted by Crippen LogP contribution is -2.36. The SMILES string of the molecule is CS(=O)(=O)c1ccc(Cn2cc([C@@H]3O[C@H](COP(=O)(O)OP(=O)(O)OP(=O)(O)O)[C@@H](O)[C@H]3O)c(=O)[nH]c2=O)cc1. The number of aromatic nitrogens is 2.